The zero-order chi connectivity index (χ0) is 8.97. The molecule has 1 aliphatic heterocycles. The fourth-order valence-electron chi connectivity index (χ4n) is 1.23. The third-order valence-corrected chi connectivity index (χ3v) is 2.49. The average molecular weight is 187 g/mol. The van der Waals surface area contributed by atoms with Gasteiger partial charge >= 0.3 is 0 Å². The van der Waals surface area contributed by atoms with Crippen LogP contribution in [0.5, 0.6) is 0 Å². The van der Waals surface area contributed by atoms with Crippen molar-refractivity contribution in [1.29, 1.82) is 0 Å². The van der Waals surface area contributed by atoms with Crippen molar-refractivity contribution in [2.24, 2.45) is 0 Å². The Morgan fingerprint density at radius 2 is 1.92 bits per heavy atom. The van der Waals surface area contributed by atoms with Gasteiger partial charge in [-0.25, -0.2) is 0 Å². The van der Waals surface area contributed by atoms with Crippen LogP contribution in [0.2, 0.25) is 0 Å². The summed E-state index contributed by atoms with van der Waals surface area (Å²) in [6, 6.07) is 0. The molecule has 1 saturated heterocycles. The van der Waals surface area contributed by atoms with E-state index in [1.807, 2.05) is 6.26 Å². The molecule has 1 aliphatic rings. The molecule has 0 unspecified atom stereocenters. The molecule has 68 valence electrons. The minimum Gasteiger partial charge on any atom is -0.282 e. The molecule has 4 heteroatoms. The highest BCUT2D eigenvalue weighted by Gasteiger charge is 2.24. The largest absolute Gasteiger partial charge is 0.282 e. The van der Waals surface area contributed by atoms with Gasteiger partial charge in [-0.15, -0.1) is 0 Å². The fraction of sp³-hybridized carbons (Fsp3) is 0.750. The van der Waals surface area contributed by atoms with Crippen molar-refractivity contribution in [3.8, 4) is 0 Å². The molecular weight excluding hydrogens is 174 g/mol. The Morgan fingerprint density at radius 3 is 2.42 bits per heavy atom. The highest BCUT2D eigenvalue weighted by Crippen LogP contribution is 2.12. The van der Waals surface area contributed by atoms with Gasteiger partial charge in [0, 0.05) is 25.1 Å². The lowest BCUT2D eigenvalue weighted by molar-refractivity contribution is -0.147. The van der Waals surface area contributed by atoms with E-state index in [9.17, 15) is 9.59 Å². The number of rotatable bonds is 3. The summed E-state index contributed by atoms with van der Waals surface area (Å²) in [6.45, 7) is 0.582. The molecule has 0 N–H and O–H groups in total. The van der Waals surface area contributed by atoms with Crippen LogP contribution in [0.25, 0.3) is 0 Å². The SMILES string of the molecule is CSCCN1C(=O)CCCC1=O. The quantitative estimate of drug-likeness (QED) is 0.616. The molecule has 1 heterocycles. The number of nitrogens with zero attached hydrogens (tertiary/aromatic N) is 1. The average Bonchev–Trinajstić information content (AvgIpc) is 2.04. The second kappa shape index (κ2) is 4.50. The fourth-order valence-corrected chi connectivity index (χ4v) is 1.60. The van der Waals surface area contributed by atoms with Gasteiger partial charge in [0.15, 0.2) is 0 Å². The van der Waals surface area contributed by atoms with E-state index in [1.165, 1.54) is 4.90 Å². The smallest absolute Gasteiger partial charge is 0.229 e. The molecule has 0 bridgehead atoms. The molecule has 0 aromatic carbocycles. The molecular formula is C8H13NO2S. The molecule has 3 nitrogen and oxygen atoms in total. The summed E-state index contributed by atoms with van der Waals surface area (Å²) in [7, 11) is 0. The van der Waals surface area contributed by atoms with Crippen LogP contribution >= 0.6 is 11.8 Å². The van der Waals surface area contributed by atoms with E-state index in [0.29, 0.717) is 19.4 Å². The standard InChI is InChI=1S/C8H13NO2S/c1-12-6-5-9-7(10)3-2-4-8(9)11/h2-6H2,1H3. The summed E-state index contributed by atoms with van der Waals surface area (Å²) in [6.07, 6.45) is 3.78. The van der Waals surface area contributed by atoms with Crippen LogP contribution in [0.15, 0.2) is 0 Å². The second-order valence-electron chi connectivity index (χ2n) is 2.79. The number of thioether (sulfide) groups is 1. The molecule has 0 aromatic heterocycles. The van der Waals surface area contributed by atoms with Gasteiger partial charge in [0.05, 0.1) is 0 Å². The molecule has 0 radical (unpaired) electrons. The van der Waals surface area contributed by atoms with Crippen molar-refractivity contribution in [1.82, 2.24) is 4.90 Å². The second-order valence-corrected chi connectivity index (χ2v) is 3.77. The maximum absolute atomic E-state index is 11.2. The van der Waals surface area contributed by atoms with Gasteiger partial charge in [-0.3, -0.25) is 14.5 Å². The normalized spacial score (nSPS) is 18.6. The van der Waals surface area contributed by atoms with Crippen molar-refractivity contribution < 1.29 is 9.59 Å². The number of amides is 2. The van der Waals surface area contributed by atoms with Crippen LogP contribution in [-0.2, 0) is 9.59 Å². The monoisotopic (exact) mass is 187 g/mol. The Labute approximate surface area is 76.5 Å². The molecule has 0 spiro atoms. The van der Waals surface area contributed by atoms with E-state index < -0.39 is 0 Å². The van der Waals surface area contributed by atoms with Crippen molar-refractivity contribution >= 4 is 23.6 Å². The van der Waals surface area contributed by atoms with E-state index in [2.05, 4.69) is 0 Å². The Bertz CT molecular complexity index is 177. The number of likely N-dealkylation sites (tertiary alicyclic amines) is 1. The third-order valence-electron chi connectivity index (χ3n) is 1.90. The summed E-state index contributed by atoms with van der Waals surface area (Å²) in [4.78, 5) is 23.8. The lowest BCUT2D eigenvalue weighted by Crippen LogP contribution is -2.41. The maximum atomic E-state index is 11.2. The molecule has 1 fully saturated rings. The Kier molecular flexibility index (Phi) is 3.59. The van der Waals surface area contributed by atoms with Crippen LogP contribution < -0.4 is 0 Å². The van der Waals surface area contributed by atoms with E-state index >= 15 is 0 Å². The first-order valence-corrected chi connectivity index (χ1v) is 5.47. The van der Waals surface area contributed by atoms with Gasteiger partial charge in [0.25, 0.3) is 0 Å². The maximum Gasteiger partial charge on any atom is 0.229 e. The first-order valence-electron chi connectivity index (χ1n) is 4.08. The van der Waals surface area contributed by atoms with Crippen molar-refractivity contribution in [3.05, 3.63) is 0 Å². The van der Waals surface area contributed by atoms with E-state index in [4.69, 9.17) is 0 Å². The van der Waals surface area contributed by atoms with Crippen LogP contribution in [0, 0.1) is 0 Å². The molecule has 0 saturated carbocycles. The molecule has 0 aliphatic carbocycles. The van der Waals surface area contributed by atoms with E-state index in [-0.39, 0.29) is 11.8 Å². The summed E-state index contributed by atoms with van der Waals surface area (Å²) in [5.41, 5.74) is 0. The first kappa shape index (κ1) is 9.58. The predicted octanol–water partition coefficient (Wildman–Crippen LogP) is 0.889. The van der Waals surface area contributed by atoms with Crippen molar-refractivity contribution in [3.63, 3.8) is 0 Å². The highest BCUT2D eigenvalue weighted by molar-refractivity contribution is 7.98. The van der Waals surface area contributed by atoms with Crippen LogP contribution in [0.1, 0.15) is 19.3 Å². The Morgan fingerprint density at radius 1 is 1.33 bits per heavy atom. The summed E-state index contributed by atoms with van der Waals surface area (Å²) >= 11 is 1.65. The molecule has 0 aromatic rings. The van der Waals surface area contributed by atoms with Crippen LogP contribution in [-0.4, -0.2) is 35.3 Å². The zero-order valence-electron chi connectivity index (χ0n) is 7.21. The van der Waals surface area contributed by atoms with E-state index in [1.54, 1.807) is 11.8 Å². The number of hydrogen-bond donors (Lipinski definition) is 0. The number of carbonyl (C=O) groups is 2. The number of carbonyl (C=O) groups excluding carboxylic acids is 2. The third kappa shape index (κ3) is 2.24. The predicted molar refractivity (Wildman–Crippen MR) is 49.0 cm³/mol. The number of piperidine rings is 1. The Balaban J connectivity index is 2.45. The topological polar surface area (TPSA) is 37.4 Å². The first-order chi connectivity index (χ1) is 5.75. The van der Waals surface area contributed by atoms with Gasteiger partial charge in [-0.2, -0.15) is 11.8 Å². The lowest BCUT2D eigenvalue weighted by Gasteiger charge is -2.24. The number of hydrogen-bond acceptors (Lipinski definition) is 3. The molecule has 12 heavy (non-hydrogen) atoms. The van der Waals surface area contributed by atoms with Gasteiger partial charge in [-0.1, -0.05) is 0 Å². The van der Waals surface area contributed by atoms with Crippen LogP contribution in [0.3, 0.4) is 0 Å². The highest BCUT2D eigenvalue weighted by atomic mass is 32.2. The summed E-state index contributed by atoms with van der Waals surface area (Å²) in [5, 5.41) is 0. The molecule has 2 amide bonds. The van der Waals surface area contributed by atoms with E-state index in [0.717, 1.165) is 12.2 Å². The van der Waals surface area contributed by atoms with Gasteiger partial charge in [0.2, 0.25) is 11.8 Å². The minimum absolute atomic E-state index is 0.000278. The lowest BCUT2D eigenvalue weighted by atomic mass is 10.1. The summed E-state index contributed by atoms with van der Waals surface area (Å²) in [5.74, 6) is 0.845. The molecule has 0 atom stereocenters. The van der Waals surface area contributed by atoms with Crippen molar-refractivity contribution in [2.45, 2.75) is 19.3 Å². The van der Waals surface area contributed by atoms with Crippen LogP contribution in [0.4, 0.5) is 0 Å². The molecule has 1 rings (SSSR count). The van der Waals surface area contributed by atoms with Gasteiger partial charge in [0.1, 0.15) is 0 Å². The van der Waals surface area contributed by atoms with Gasteiger partial charge in [-0.05, 0) is 12.7 Å². The number of imide groups is 1. The minimum atomic E-state index is 0.000278. The Hall–Kier alpha value is -0.510. The zero-order valence-corrected chi connectivity index (χ0v) is 8.02. The van der Waals surface area contributed by atoms with Crippen molar-refractivity contribution in [2.75, 3.05) is 18.6 Å². The summed E-state index contributed by atoms with van der Waals surface area (Å²) < 4.78 is 0. The van der Waals surface area contributed by atoms with Gasteiger partial charge < -0.3 is 0 Å².